The van der Waals surface area contributed by atoms with E-state index < -0.39 is 0 Å². The average Bonchev–Trinajstić information content (AvgIpc) is 1.65. The summed E-state index contributed by atoms with van der Waals surface area (Å²) < 4.78 is 0.450. The van der Waals surface area contributed by atoms with E-state index in [0.29, 0.717) is 4.08 Å². The van der Waals surface area contributed by atoms with Crippen molar-refractivity contribution in [2.24, 2.45) is 0 Å². The SMILES string of the molecule is CC1(C)SCNCS1. The van der Waals surface area contributed by atoms with E-state index in [1.807, 2.05) is 23.5 Å². The fourth-order valence-corrected chi connectivity index (χ4v) is 2.45. The Labute approximate surface area is 59.0 Å². The monoisotopic (exact) mass is 149 g/mol. The molecule has 0 radical (unpaired) electrons. The van der Waals surface area contributed by atoms with E-state index in [1.54, 1.807) is 0 Å². The normalized spacial score (nSPS) is 27.8. The van der Waals surface area contributed by atoms with Crippen LogP contribution in [-0.2, 0) is 0 Å². The lowest BCUT2D eigenvalue weighted by Gasteiger charge is -2.28. The fourth-order valence-electron chi connectivity index (χ4n) is 0.533. The van der Waals surface area contributed by atoms with Crippen molar-refractivity contribution in [2.75, 3.05) is 11.8 Å². The van der Waals surface area contributed by atoms with E-state index in [9.17, 15) is 0 Å². The summed E-state index contributed by atoms with van der Waals surface area (Å²) in [5.74, 6) is 2.22. The van der Waals surface area contributed by atoms with Crippen molar-refractivity contribution < 1.29 is 0 Å². The Morgan fingerprint density at radius 2 is 1.75 bits per heavy atom. The Morgan fingerprint density at radius 3 is 2.00 bits per heavy atom. The molecule has 0 saturated carbocycles. The summed E-state index contributed by atoms with van der Waals surface area (Å²) in [7, 11) is 0. The summed E-state index contributed by atoms with van der Waals surface area (Å²) >= 11 is 3.94. The fraction of sp³-hybridized carbons (Fsp3) is 1.00. The van der Waals surface area contributed by atoms with Gasteiger partial charge in [-0.05, 0) is 13.8 Å². The van der Waals surface area contributed by atoms with E-state index in [1.165, 1.54) is 0 Å². The first kappa shape index (κ1) is 6.78. The minimum atomic E-state index is 0.450. The van der Waals surface area contributed by atoms with Gasteiger partial charge in [0, 0.05) is 11.8 Å². The molecule has 1 N–H and O–H groups in total. The number of hydrogen-bond donors (Lipinski definition) is 1. The lowest BCUT2D eigenvalue weighted by molar-refractivity contribution is 0.893. The van der Waals surface area contributed by atoms with Gasteiger partial charge in [0.05, 0.1) is 4.08 Å². The van der Waals surface area contributed by atoms with Gasteiger partial charge in [-0.25, -0.2) is 0 Å². The van der Waals surface area contributed by atoms with Crippen molar-refractivity contribution in [3.8, 4) is 0 Å². The molecule has 0 aromatic carbocycles. The lowest BCUT2D eigenvalue weighted by Crippen LogP contribution is -2.26. The van der Waals surface area contributed by atoms with Crippen LogP contribution in [0, 0.1) is 0 Å². The van der Waals surface area contributed by atoms with Gasteiger partial charge in [0.1, 0.15) is 0 Å². The third kappa shape index (κ3) is 1.88. The number of hydrogen-bond acceptors (Lipinski definition) is 3. The van der Waals surface area contributed by atoms with Gasteiger partial charge in [0.15, 0.2) is 0 Å². The Kier molecular flexibility index (Phi) is 2.12. The molecule has 0 aliphatic carbocycles. The molecule has 1 saturated heterocycles. The molecular weight excluding hydrogens is 138 g/mol. The molecule has 0 unspecified atom stereocenters. The van der Waals surface area contributed by atoms with Crippen LogP contribution in [0.15, 0.2) is 0 Å². The highest BCUT2D eigenvalue weighted by molar-refractivity contribution is 8.18. The van der Waals surface area contributed by atoms with Gasteiger partial charge in [-0.1, -0.05) is 0 Å². The first-order valence-electron chi connectivity index (χ1n) is 2.69. The molecule has 1 aliphatic rings. The van der Waals surface area contributed by atoms with Gasteiger partial charge >= 0.3 is 0 Å². The van der Waals surface area contributed by atoms with E-state index in [4.69, 9.17) is 0 Å². The highest BCUT2D eigenvalue weighted by atomic mass is 32.2. The van der Waals surface area contributed by atoms with Crippen molar-refractivity contribution in [3.63, 3.8) is 0 Å². The van der Waals surface area contributed by atoms with E-state index >= 15 is 0 Å². The second-order valence-corrected chi connectivity index (χ2v) is 5.68. The maximum Gasteiger partial charge on any atom is 0.0580 e. The first-order valence-corrected chi connectivity index (χ1v) is 4.66. The van der Waals surface area contributed by atoms with Gasteiger partial charge in [-0.15, -0.1) is 23.5 Å². The number of thioether (sulfide) groups is 2. The molecule has 1 nitrogen and oxygen atoms in total. The zero-order chi connectivity index (χ0) is 6.04. The third-order valence-corrected chi connectivity index (χ3v) is 3.84. The minimum absolute atomic E-state index is 0.450. The maximum absolute atomic E-state index is 3.27. The van der Waals surface area contributed by atoms with Gasteiger partial charge < -0.3 is 0 Å². The molecule has 0 spiro atoms. The van der Waals surface area contributed by atoms with Crippen LogP contribution in [0.1, 0.15) is 13.8 Å². The molecule has 0 atom stereocenters. The van der Waals surface area contributed by atoms with Crippen LogP contribution in [0.3, 0.4) is 0 Å². The first-order chi connectivity index (χ1) is 3.71. The van der Waals surface area contributed by atoms with Crippen LogP contribution >= 0.6 is 23.5 Å². The summed E-state index contributed by atoms with van der Waals surface area (Å²) in [5, 5.41) is 3.27. The molecule has 0 aromatic rings. The third-order valence-electron chi connectivity index (χ3n) is 1.04. The van der Waals surface area contributed by atoms with Crippen molar-refractivity contribution in [1.29, 1.82) is 0 Å². The molecular formula is C5H11NS2. The highest BCUT2D eigenvalue weighted by Crippen LogP contribution is 2.37. The summed E-state index contributed by atoms with van der Waals surface area (Å²) in [6.07, 6.45) is 0. The summed E-state index contributed by atoms with van der Waals surface area (Å²) in [6.45, 7) is 4.53. The largest absolute Gasteiger partial charge is 0.299 e. The maximum atomic E-state index is 3.27. The van der Waals surface area contributed by atoms with Crippen LogP contribution in [0.25, 0.3) is 0 Å². The molecule has 0 aromatic heterocycles. The molecule has 0 bridgehead atoms. The quantitative estimate of drug-likeness (QED) is 0.563. The van der Waals surface area contributed by atoms with Crippen molar-refractivity contribution in [2.45, 2.75) is 17.9 Å². The van der Waals surface area contributed by atoms with Crippen molar-refractivity contribution >= 4 is 23.5 Å². The number of nitrogens with one attached hydrogen (secondary N) is 1. The standard InChI is InChI=1S/C5H11NS2/c1-5(2)7-3-6-4-8-5/h6H,3-4H2,1-2H3. The zero-order valence-corrected chi connectivity index (χ0v) is 6.86. The molecule has 1 aliphatic heterocycles. The summed E-state index contributed by atoms with van der Waals surface area (Å²) in [6, 6.07) is 0. The second kappa shape index (κ2) is 2.50. The highest BCUT2D eigenvalue weighted by Gasteiger charge is 2.21. The molecule has 0 amide bonds. The molecule has 48 valence electrons. The topological polar surface area (TPSA) is 12.0 Å². The Bertz CT molecular complexity index is 74.5. The lowest BCUT2D eigenvalue weighted by atomic mass is 10.5. The van der Waals surface area contributed by atoms with E-state index in [-0.39, 0.29) is 0 Å². The van der Waals surface area contributed by atoms with E-state index in [2.05, 4.69) is 19.2 Å². The van der Waals surface area contributed by atoms with Crippen molar-refractivity contribution in [3.05, 3.63) is 0 Å². The van der Waals surface area contributed by atoms with Crippen LogP contribution < -0.4 is 5.32 Å². The van der Waals surface area contributed by atoms with E-state index in [0.717, 1.165) is 11.8 Å². The average molecular weight is 149 g/mol. The molecule has 1 rings (SSSR count). The van der Waals surface area contributed by atoms with Crippen LogP contribution in [0.4, 0.5) is 0 Å². The summed E-state index contributed by atoms with van der Waals surface area (Å²) in [5.41, 5.74) is 0. The Hall–Kier alpha value is 0.660. The van der Waals surface area contributed by atoms with Crippen LogP contribution in [0.2, 0.25) is 0 Å². The molecule has 1 fully saturated rings. The smallest absolute Gasteiger partial charge is 0.0580 e. The van der Waals surface area contributed by atoms with Crippen LogP contribution in [0.5, 0.6) is 0 Å². The Morgan fingerprint density at radius 1 is 1.25 bits per heavy atom. The minimum Gasteiger partial charge on any atom is -0.299 e. The molecule has 3 heteroatoms. The van der Waals surface area contributed by atoms with Gasteiger partial charge in [-0.3, -0.25) is 5.32 Å². The van der Waals surface area contributed by atoms with Gasteiger partial charge in [0.25, 0.3) is 0 Å². The predicted octanol–water partition coefficient (Wildman–Crippen LogP) is 1.71. The van der Waals surface area contributed by atoms with Crippen LogP contribution in [-0.4, -0.2) is 15.8 Å². The molecule has 1 heterocycles. The van der Waals surface area contributed by atoms with Gasteiger partial charge in [-0.2, -0.15) is 0 Å². The summed E-state index contributed by atoms with van der Waals surface area (Å²) in [4.78, 5) is 0. The number of rotatable bonds is 0. The van der Waals surface area contributed by atoms with Gasteiger partial charge in [0.2, 0.25) is 0 Å². The van der Waals surface area contributed by atoms with Crippen molar-refractivity contribution in [1.82, 2.24) is 5.32 Å². The molecule has 8 heavy (non-hydrogen) atoms. The predicted molar refractivity (Wildman–Crippen MR) is 42.1 cm³/mol. The zero-order valence-electron chi connectivity index (χ0n) is 5.23. The second-order valence-electron chi connectivity index (χ2n) is 2.23. The Balaban J connectivity index is 2.33.